The molecule has 0 radical (unpaired) electrons. The van der Waals surface area contributed by atoms with Gasteiger partial charge >= 0.3 is 0 Å². The second-order valence-corrected chi connectivity index (χ2v) is 9.52. The van der Waals surface area contributed by atoms with Crippen LogP contribution in [0.5, 0.6) is 17.2 Å². The van der Waals surface area contributed by atoms with Crippen LogP contribution >= 0.6 is 0 Å². The monoisotopic (exact) mass is 494 g/mol. The van der Waals surface area contributed by atoms with E-state index < -0.39 is 11.3 Å². The molecule has 0 aliphatic heterocycles. The summed E-state index contributed by atoms with van der Waals surface area (Å²) in [5, 5.41) is 30.6. The lowest BCUT2D eigenvalue weighted by Crippen LogP contribution is -2.43. The van der Waals surface area contributed by atoms with Crippen molar-refractivity contribution in [2.24, 2.45) is 17.1 Å². The van der Waals surface area contributed by atoms with E-state index in [4.69, 9.17) is 19.9 Å². The van der Waals surface area contributed by atoms with E-state index in [1.54, 1.807) is 26.4 Å². The van der Waals surface area contributed by atoms with E-state index in [0.717, 1.165) is 47.1 Å². The van der Waals surface area contributed by atoms with Crippen LogP contribution in [0, 0.1) is 59.2 Å². The second-order valence-electron chi connectivity index (χ2n) is 9.52. The Hall–Kier alpha value is -4.41. The molecule has 7 heteroatoms. The van der Waals surface area contributed by atoms with Gasteiger partial charge in [-0.05, 0) is 79.0 Å². The van der Waals surface area contributed by atoms with Gasteiger partial charge in [0.1, 0.15) is 12.7 Å². The van der Waals surface area contributed by atoms with Crippen LogP contribution in [0.4, 0.5) is 0 Å². The quantitative estimate of drug-likeness (QED) is 0.562. The summed E-state index contributed by atoms with van der Waals surface area (Å²) >= 11 is 0. The van der Waals surface area contributed by atoms with Crippen molar-refractivity contribution in [2.45, 2.75) is 45.6 Å². The van der Waals surface area contributed by atoms with E-state index in [0.29, 0.717) is 17.2 Å². The smallest absolute Gasteiger partial charge is 0.203 e. The number of nitrogens with zero attached hydrogens (tertiary/aromatic N) is 3. The first-order chi connectivity index (χ1) is 17.9. The molecule has 188 valence electrons. The fourth-order valence-corrected chi connectivity index (χ4v) is 5.73. The summed E-state index contributed by atoms with van der Waals surface area (Å²) in [5.41, 5.74) is 9.77. The second kappa shape index (κ2) is 10.3. The number of hydrogen-bond acceptors (Lipinski definition) is 7. The highest BCUT2D eigenvalue weighted by Gasteiger charge is 2.54. The fraction of sp³-hybridized carbons (Fsp3) is 0.367. The molecule has 2 aliphatic rings. The van der Waals surface area contributed by atoms with Gasteiger partial charge < -0.3 is 19.9 Å². The van der Waals surface area contributed by atoms with E-state index in [2.05, 4.69) is 24.3 Å². The number of para-hydroxylation sites is 1. The number of methoxy groups -OCH3 is 2. The number of fused-ring (bicyclic) bond motifs is 1. The minimum absolute atomic E-state index is 0.0472. The van der Waals surface area contributed by atoms with Crippen molar-refractivity contribution in [2.75, 3.05) is 14.2 Å². The molecule has 0 heterocycles. The van der Waals surface area contributed by atoms with Gasteiger partial charge in [0, 0.05) is 5.92 Å². The van der Waals surface area contributed by atoms with Crippen LogP contribution in [0.1, 0.15) is 47.4 Å². The molecule has 0 saturated carbocycles. The minimum Gasteiger partial charge on any atom is -0.493 e. The van der Waals surface area contributed by atoms with Crippen LogP contribution in [-0.4, -0.2) is 14.2 Å². The Labute approximate surface area is 218 Å². The maximum absolute atomic E-state index is 10.4. The number of allylic oxidation sites excluding steroid dienone is 4. The number of nitrogens with two attached hydrogens (primary N) is 1. The lowest BCUT2D eigenvalue weighted by molar-refractivity contribution is 0.264. The Morgan fingerprint density at radius 1 is 1.03 bits per heavy atom. The molecule has 0 fully saturated rings. The van der Waals surface area contributed by atoms with Crippen molar-refractivity contribution in [3.63, 3.8) is 0 Å². The van der Waals surface area contributed by atoms with Gasteiger partial charge in [-0.3, -0.25) is 0 Å². The Balaban J connectivity index is 1.84. The maximum Gasteiger partial charge on any atom is 0.203 e. The predicted molar refractivity (Wildman–Crippen MR) is 138 cm³/mol. The van der Waals surface area contributed by atoms with Crippen molar-refractivity contribution in [3.8, 4) is 35.5 Å². The molecule has 2 aromatic carbocycles. The third-order valence-corrected chi connectivity index (χ3v) is 7.61. The normalized spacial score (nSPS) is 20.0. The molecule has 2 aromatic rings. The zero-order valence-electron chi connectivity index (χ0n) is 21.6. The van der Waals surface area contributed by atoms with Gasteiger partial charge in [0.05, 0.1) is 37.6 Å². The van der Waals surface area contributed by atoms with E-state index in [9.17, 15) is 15.8 Å². The van der Waals surface area contributed by atoms with Crippen LogP contribution in [-0.2, 0) is 6.61 Å². The fourth-order valence-electron chi connectivity index (χ4n) is 5.73. The molecule has 7 nitrogen and oxygen atoms in total. The van der Waals surface area contributed by atoms with Gasteiger partial charge in [-0.15, -0.1) is 0 Å². The molecule has 0 spiro atoms. The Kier molecular flexibility index (Phi) is 7.14. The first-order valence-corrected chi connectivity index (χ1v) is 12.2. The number of aryl methyl sites for hydroxylation is 2. The van der Waals surface area contributed by atoms with Crippen LogP contribution in [0.3, 0.4) is 0 Å². The molecule has 2 atom stereocenters. The Bertz CT molecular complexity index is 1380. The van der Waals surface area contributed by atoms with Crippen molar-refractivity contribution < 1.29 is 14.2 Å². The zero-order chi connectivity index (χ0) is 26.7. The van der Waals surface area contributed by atoms with Gasteiger partial charge in [0.15, 0.2) is 16.9 Å². The minimum atomic E-state index is -1.64. The van der Waals surface area contributed by atoms with E-state index in [1.165, 1.54) is 0 Å². The summed E-state index contributed by atoms with van der Waals surface area (Å²) in [6, 6.07) is 16.2. The highest BCUT2D eigenvalue weighted by Crippen LogP contribution is 2.56. The van der Waals surface area contributed by atoms with Crippen LogP contribution < -0.4 is 19.9 Å². The van der Waals surface area contributed by atoms with Gasteiger partial charge in [-0.25, -0.2) is 0 Å². The van der Waals surface area contributed by atoms with Crippen LogP contribution in [0.25, 0.3) is 0 Å². The van der Waals surface area contributed by atoms with Gasteiger partial charge in [0.2, 0.25) is 5.75 Å². The van der Waals surface area contributed by atoms with E-state index >= 15 is 0 Å². The largest absolute Gasteiger partial charge is 0.493 e. The van der Waals surface area contributed by atoms with Gasteiger partial charge in [-0.2, -0.15) is 15.8 Å². The molecule has 2 N–H and O–H groups in total. The standard InChI is InChI=1S/C30H30N4O3/c1-18-12-19(2)23(13-20(18)15-37-28-25(35-3)10-7-11-26(28)36-4)27-22-9-6-5-8-21(22)24(14-31)29(34)30(27,16-32)17-33/h7-8,10-13,22,27H,5-6,9,15,34H2,1-4H3/t22-,27+/m1/s1. The molecule has 0 aromatic heterocycles. The van der Waals surface area contributed by atoms with Gasteiger partial charge in [-0.1, -0.05) is 24.3 Å². The van der Waals surface area contributed by atoms with E-state index in [-0.39, 0.29) is 23.8 Å². The van der Waals surface area contributed by atoms with E-state index in [1.807, 2.05) is 32.1 Å². The SMILES string of the molecule is COc1cccc(OC)c1OCc1cc([C@@H]2[C@@H]3CCCC=C3C(C#N)=C(N)C2(C#N)C#N)c(C)cc1C. The molecule has 0 unspecified atom stereocenters. The average Bonchev–Trinajstić information content (AvgIpc) is 2.92. The third-order valence-electron chi connectivity index (χ3n) is 7.61. The van der Waals surface area contributed by atoms with Crippen molar-refractivity contribution in [1.29, 1.82) is 15.8 Å². The van der Waals surface area contributed by atoms with Crippen LogP contribution in [0.15, 0.2) is 53.3 Å². The van der Waals surface area contributed by atoms with Crippen molar-refractivity contribution in [3.05, 3.63) is 75.5 Å². The van der Waals surface area contributed by atoms with Gasteiger partial charge in [0.25, 0.3) is 0 Å². The first-order valence-electron chi connectivity index (χ1n) is 12.2. The maximum atomic E-state index is 10.4. The summed E-state index contributed by atoms with van der Waals surface area (Å²) in [4.78, 5) is 0. The molecule has 4 rings (SSSR count). The summed E-state index contributed by atoms with van der Waals surface area (Å²) in [5.74, 6) is 0.955. The number of benzene rings is 2. The Morgan fingerprint density at radius 2 is 1.70 bits per heavy atom. The number of ether oxygens (including phenoxy) is 3. The summed E-state index contributed by atoms with van der Waals surface area (Å²) in [6.07, 6.45) is 4.59. The van der Waals surface area contributed by atoms with Crippen molar-refractivity contribution >= 4 is 0 Å². The lowest BCUT2D eigenvalue weighted by Gasteiger charge is -2.44. The third kappa shape index (κ3) is 4.15. The molecular formula is C30H30N4O3. The summed E-state index contributed by atoms with van der Waals surface area (Å²) in [7, 11) is 3.15. The molecule has 0 bridgehead atoms. The Morgan fingerprint density at radius 3 is 2.30 bits per heavy atom. The summed E-state index contributed by atoms with van der Waals surface area (Å²) in [6.45, 7) is 4.23. The first kappa shape index (κ1) is 25.7. The lowest BCUT2D eigenvalue weighted by atomic mass is 9.56. The highest BCUT2D eigenvalue weighted by atomic mass is 16.5. The molecule has 2 aliphatic carbocycles. The number of hydrogen-bond donors (Lipinski definition) is 1. The topological polar surface area (TPSA) is 125 Å². The molecule has 37 heavy (non-hydrogen) atoms. The molecule has 0 saturated heterocycles. The van der Waals surface area contributed by atoms with Crippen molar-refractivity contribution in [1.82, 2.24) is 0 Å². The van der Waals surface area contributed by atoms with Crippen LogP contribution in [0.2, 0.25) is 0 Å². The number of rotatable bonds is 6. The predicted octanol–water partition coefficient (Wildman–Crippen LogP) is 5.49. The summed E-state index contributed by atoms with van der Waals surface area (Å²) < 4.78 is 17.1. The zero-order valence-corrected chi connectivity index (χ0v) is 21.6. The molecular weight excluding hydrogens is 464 g/mol. The number of nitriles is 3. The molecule has 0 amide bonds. The average molecular weight is 495 g/mol. The highest BCUT2D eigenvalue weighted by molar-refractivity contribution is 5.60.